The molecule has 2 aromatic rings. The molecule has 0 fully saturated rings. The van der Waals surface area contributed by atoms with Gasteiger partial charge in [-0.25, -0.2) is 0 Å². The van der Waals surface area contributed by atoms with Crippen LogP contribution in [0.2, 0.25) is 0 Å². The number of nitrogens with one attached hydrogen (secondary N) is 2. The molecule has 1 amide bonds. The van der Waals surface area contributed by atoms with Gasteiger partial charge in [0.15, 0.2) is 4.77 Å². The number of amides is 1. The van der Waals surface area contributed by atoms with Crippen molar-refractivity contribution in [3.05, 3.63) is 39.4 Å². The van der Waals surface area contributed by atoms with Gasteiger partial charge in [0, 0.05) is 41.8 Å². The summed E-state index contributed by atoms with van der Waals surface area (Å²) in [6.07, 6.45) is 1.74. The second-order valence-electron chi connectivity index (χ2n) is 5.30. The topological polar surface area (TPSA) is 84.0 Å². The molecule has 6 nitrogen and oxygen atoms in total. The van der Waals surface area contributed by atoms with Crippen molar-refractivity contribution in [2.24, 2.45) is 0 Å². The van der Waals surface area contributed by atoms with E-state index in [0.29, 0.717) is 22.2 Å². The van der Waals surface area contributed by atoms with Crippen molar-refractivity contribution in [1.29, 1.82) is 0 Å². The van der Waals surface area contributed by atoms with E-state index < -0.39 is 10.8 Å². The number of para-hydroxylation sites is 1. The molecule has 0 spiro atoms. The predicted octanol–water partition coefficient (Wildman–Crippen LogP) is 1.33. The van der Waals surface area contributed by atoms with E-state index in [0.717, 1.165) is 0 Å². The van der Waals surface area contributed by atoms with Crippen molar-refractivity contribution >= 4 is 39.8 Å². The maximum Gasteiger partial charge on any atom is 0.262 e. The fourth-order valence-corrected chi connectivity index (χ4v) is 2.68. The molecule has 2 rings (SSSR count). The average Bonchev–Trinajstić information content (AvgIpc) is 2.52. The molecule has 124 valence electrons. The van der Waals surface area contributed by atoms with Crippen LogP contribution in [0, 0.1) is 4.77 Å². The summed E-state index contributed by atoms with van der Waals surface area (Å²) in [4.78, 5) is 27.3. The Morgan fingerprint density at radius 2 is 2.13 bits per heavy atom. The standard InChI is InChI=1S/C15H19N3O3S2/c1-10(23(2)21)9-16-13(19)7-8-18-14(20)11-5-3-4-6-12(11)17-15(18)22/h3-6,10H,7-9H2,1-2H3,(H,16,19)(H,17,22)/t10-,23-/m1/s1. The van der Waals surface area contributed by atoms with E-state index in [4.69, 9.17) is 12.2 Å². The number of rotatable bonds is 6. The fraction of sp³-hybridized carbons (Fsp3) is 0.400. The van der Waals surface area contributed by atoms with Gasteiger partial charge in [-0.2, -0.15) is 0 Å². The Hall–Kier alpha value is -1.80. The Labute approximate surface area is 141 Å². The van der Waals surface area contributed by atoms with Gasteiger partial charge in [-0.1, -0.05) is 12.1 Å². The minimum absolute atomic E-state index is 0.106. The molecule has 0 saturated carbocycles. The summed E-state index contributed by atoms with van der Waals surface area (Å²) in [6, 6.07) is 7.11. The molecule has 0 unspecified atom stereocenters. The lowest BCUT2D eigenvalue weighted by Gasteiger charge is -2.11. The molecule has 0 aliphatic carbocycles. The van der Waals surface area contributed by atoms with Crippen LogP contribution >= 0.6 is 12.2 Å². The molecule has 1 aromatic carbocycles. The molecular weight excluding hydrogens is 334 g/mol. The highest BCUT2D eigenvalue weighted by Gasteiger charge is 2.10. The van der Waals surface area contributed by atoms with Gasteiger partial charge in [0.1, 0.15) is 0 Å². The molecule has 1 heterocycles. The third kappa shape index (κ3) is 4.35. The molecule has 2 N–H and O–H groups in total. The number of H-pyrrole nitrogens is 1. The van der Waals surface area contributed by atoms with Crippen LogP contribution < -0.4 is 10.9 Å². The maximum absolute atomic E-state index is 12.4. The van der Waals surface area contributed by atoms with Gasteiger partial charge in [0.2, 0.25) is 5.91 Å². The van der Waals surface area contributed by atoms with Crippen molar-refractivity contribution < 1.29 is 9.00 Å². The van der Waals surface area contributed by atoms with E-state index >= 15 is 0 Å². The summed E-state index contributed by atoms with van der Waals surface area (Å²) in [5.41, 5.74) is 0.475. The highest BCUT2D eigenvalue weighted by Crippen LogP contribution is 2.06. The Balaban J connectivity index is 2.08. The highest BCUT2D eigenvalue weighted by molar-refractivity contribution is 7.84. The normalized spacial score (nSPS) is 13.7. The van der Waals surface area contributed by atoms with Gasteiger partial charge in [-0.3, -0.25) is 18.4 Å². The SMILES string of the molecule is C[C@H](CNC(=O)CCn1c(=S)[nH]c2ccccc2c1=O)[S@@](C)=O. The van der Waals surface area contributed by atoms with Crippen LogP contribution in [0.25, 0.3) is 10.9 Å². The second-order valence-corrected chi connectivity index (χ2v) is 7.48. The first kappa shape index (κ1) is 17.6. The first-order valence-corrected chi connectivity index (χ1v) is 9.24. The van der Waals surface area contributed by atoms with Crippen molar-refractivity contribution in [2.45, 2.75) is 25.1 Å². The van der Waals surface area contributed by atoms with Crippen LogP contribution in [0.5, 0.6) is 0 Å². The number of hydrogen-bond acceptors (Lipinski definition) is 4. The largest absolute Gasteiger partial charge is 0.355 e. The zero-order valence-corrected chi connectivity index (χ0v) is 14.6. The lowest BCUT2D eigenvalue weighted by molar-refractivity contribution is -0.121. The van der Waals surface area contributed by atoms with Gasteiger partial charge in [0.05, 0.1) is 10.9 Å². The van der Waals surface area contributed by atoms with E-state index in [2.05, 4.69) is 10.3 Å². The molecule has 0 aliphatic rings. The van der Waals surface area contributed by atoms with E-state index in [1.165, 1.54) is 4.57 Å². The summed E-state index contributed by atoms with van der Waals surface area (Å²) in [5, 5.41) is 3.15. The van der Waals surface area contributed by atoms with Crippen molar-refractivity contribution in [1.82, 2.24) is 14.9 Å². The number of hydrogen-bond donors (Lipinski definition) is 2. The Kier molecular flexibility index (Phi) is 5.84. The first-order valence-electron chi connectivity index (χ1n) is 7.21. The molecule has 0 radical (unpaired) electrons. The number of carbonyl (C=O) groups is 1. The summed E-state index contributed by atoms with van der Waals surface area (Å²) < 4.78 is 12.9. The molecule has 1 aromatic heterocycles. The number of aromatic nitrogens is 2. The number of fused-ring (bicyclic) bond motifs is 1. The van der Waals surface area contributed by atoms with Crippen LogP contribution in [0.1, 0.15) is 13.3 Å². The average molecular weight is 353 g/mol. The second kappa shape index (κ2) is 7.65. The molecule has 23 heavy (non-hydrogen) atoms. The molecule has 0 aliphatic heterocycles. The summed E-state index contributed by atoms with van der Waals surface area (Å²) >= 11 is 5.19. The van der Waals surface area contributed by atoms with Gasteiger partial charge < -0.3 is 10.3 Å². The van der Waals surface area contributed by atoms with Crippen LogP contribution in [-0.4, -0.2) is 37.7 Å². The third-order valence-corrected chi connectivity index (χ3v) is 5.23. The Morgan fingerprint density at radius 1 is 1.43 bits per heavy atom. The van der Waals surface area contributed by atoms with Crippen LogP contribution in [0.15, 0.2) is 29.1 Å². The summed E-state index contributed by atoms with van der Waals surface area (Å²) in [5.74, 6) is -0.197. The van der Waals surface area contributed by atoms with Crippen LogP contribution in [-0.2, 0) is 22.1 Å². The summed E-state index contributed by atoms with van der Waals surface area (Å²) in [7, 11) is -0.981. The maximum atomic E-state index is 12.4. The van der Waals surface area contributed by atoms with Gasteiger partial charge in [0.25, 0.3) is 5.56 Å². The van der Waals surface area contributed by atoms with E-state index in [1.54, 1.807) is 31.4 Å². The third-order valence-electron chi connectivity index (χ3n) is 3.61. The lowest BCUT2D eigenvalue weighted by atomic mass is 10.2. The molecule has 2 atom stereocenters. The molecular formula is C15H19N3O3S2. The lowest BCUT2D eigenvalue weighted by Crippen LogP contribution is -2.34. The van der Waals surface area contributed by atoms with Gasteiger partial charge >= 0.3 is 0 Å². The van der Waals surface area contributed by atoms with Gasteiger partial charge in [-0.15, -0.1) is 0 Å². The molecule has 0 saturated heterocycles. The zero-order chi connectivity index (χ0) is 17.0. The molecule has 0 bridgehead atoms. The number of aromatic amines is 1. The smallest absolute Gasteiger partial charge is 0.262 e. The summed E-state index contributed by atoms with van der Waals surface area (Å²) in [6.45, 7) is 2.36. The Morgan fingerprint density at radius 3 is 2.83 bits per heavy atom. The van der Waals surface area contributed by atoms with Crippen LogP contribution in [0.3, 0.4) is 0 Å². The van der Waals surface area contributed by atoms with E-state index in [1.807, 2.05) is 6.07 Å². The fourth-order valence-electron chi connectivity index (χ4n) is 2.08. The number of carbonyl (C=O) groups excluding carboxylic acids is 1. The minimum atomic E-state index is -0.981. The predicted molar refractivity (Wildman–Crippen MR) is 94.5 cm³/mol. The van der Waals surface area contributed by atoms with Gasteiger partial charge in [-0.05, 0) is 31.3 Å². The number of benzene rings is 1. The van der Waals surface area contributed by atoms with Crippen LogP contribution in [0.4, 0.5) is 0 Å². The molecule has 8 heteroatoms. The number of nitrogens with zero attached hydrogens (tertiary/aromatic N) is 1. The first-order chi connectivity index (χ1) is 10.9. The van der Waals surface area contributed by atoms with E-state index in [-0.39, 0.29) is 29.7 Å². The zero-order valence-electron chi connectivity index (χ0n) is 13.0. The van der Waals surface area contributed by atoms with Crippen molar-refractivity contribution in [3.63, 3.8) is 0 Å². The highest BCUT2D eigenvalue weighted by atomic mass is 32.2. The van der Waals surface area contributed by atoms with Crippen molar-refractivity contribution in [3.8, 4) is 0 Å². The minimum Gasteiger partial charge on any atom is -0.355 e. The monoisotopic (exact) mass is 353 g/mol. The Bertz CT molecular complexity index is 857. The van der Waals surface area contributed by atoms with Crippen molar-refractivity contribution in [2.75, 3.05) is 12.8 Å². The van der Waals surface area contributed by atoms with E-state index in [9.17, 15) is 13.8 Å². The quantitative estimate of drug-likeness (QED) is 0.768.